The molecule has 2 amide bonds. The zero-order chi connectivity index (χ0) is 18.0. The van der Waals surface area contributed by atoms with Gasteiger partial charge in [0.1, 0.15) is 5.00 Å². The number of nitrogens with one attached hydrogen (secondary N) is 1. The Hall–Kier alpha value is -2.15. The minimum Gasteiger partial charge on any atom is -0.452 e. The number of carbonyl (C=O) groups excluding carboxylic acids is 3. The number of thiophene rings is 1. The van der Waals surface area contributed by atoms with Gasteiger partial charge >= 0.3 is 5.97 Å². The molecule has 2 aliphatic carbocycles. The highest BCUT2D eigenvalue weighted by atomic mass is 32.1. The van der Waals surface area contributed by atoms with Crippen molar-refractivity contribution in [2.45, 2.75) is 51.6 Å². The van der Waals surface area contributed by atoms with E-state index in [-0.39, 0.29) is 11.9 Å². The van der Waals surface area contributed by atoms with Gasteiger partial charge in [-0.05, 0) is 51.0 Å². The van der Waals surface area contributed by atoms with E-state index < -0.39 is 17.9 Å². The van der Waals surface area contributed by atoms with Gasteiger partial charge in [-0.15, -0.1) is 11.3 Å². The van der Waals surface area contributed by atoms with Crippen LogP contribution in [0.4, 0.5) is 5.00 Å². The number of carbonyl (C=O) groups is 3. The molecule has 0 aromatic carbocycles. The highest BCUT2D eigenvalue weighted by molar-refractivity contribution is 7.17. The van der Waals surface area contributed by atoms with Crippen molar-refractivity contribution >= 4 is 34.1 Å². The third-order valence-electron chi connectivity index (χ3n) is 4.67. The van der Waals surface area contributed by atoms with Crippen molar-refractivity contribution in [3.05, 3.63) is 28.2 Å². The van der Waals surface area contributed by atoms with Crippen LogP contribution in [0.2, 0.25) is 0 Å². The van der Waals surface area contributed by atoms with Crippen LogP contribution in [0.1, 0.15) is 53.4 Å². The number of fused-ring (bicyclic) bond motifs is 1. The number of primary amides is 1. The van der Waals surface area contributed by atoms with Crippen LogP contribution in [-0.2, 0) is 27.2 Å². The number of hydrogen-bond donors (Lipinski definition) is 2. The number of rotatable bonds is 5. The summed E-state index contributed by atoms with van der Waals surface area (Å²) in [5.41, 5.74) is 6.84. The average molecular weight is 362 g/mol. The van der Waals surface area contributed by atoms with Crippen LogP contribution < -0.4 is 11.1 Å². The lowest BCUT2D eigenvalue weighted by atomic mass is 9.95. The smallest absolute Gasteiger partial charge is 0.310 e. The summed E-state index contributed by atoms with van der Waals surface area (Å²) in [5.74, 6) is -1.52. The molecule has 0 saturated carbocycles. The Bertz CT molecular complexity index is 738. The van der Waals surface area contributed by atoms with Crippen LogP contribution in [0.25, 0.3) is 0 Å². The number of amides is 2. The van der Waals surface area contributed by atoms with E-state index in [1.807, 2.05) is 12.2 Å². The Balaban J connectivity index is 1.65. The Morgan fingerprint density at radius 3 is 2.80 bits per heavy atom. The van der Waals surface area contributed by atoms with Gasteiger partial charge in [-0.1, -0.05) is 12.2 Å². The lowest BCUT2D eigenvalue weighted by Gasteiger charge is -2.19. The van der Waals surface area contributed by atoms with E-state index in [0.717, 1.165) is 42.5 Å². The molecule has 6 nitrogen and oxygen atoms in total. The van der Waals surface area contributed by atoms with Crippen LogP contribution >= 0.6 is 11.3 Å². The normalized spacial score (nSPS) is 20.0. The van der Waals surface area contributed by atoms with Crippen molar-refractivity contribution in [2.75, 3.05) is 5.32 Å². The predicted molar refractivity (Wildman–Crippen MR) is 95.5 cm³/mol. The zero-order valence-electron chi connectivity index (χ0n) is 14.2. The molecule has 2 aliphatic rings. The fraction of sp³-hybridized carbons (Fsp3) is 0.500. The summed E-state index contributed by atoms with van der Waals surface area (Å²) < 4.78 is 5.31. The SMILES string of the molecule is C[C@@H](OC(=O)[C@H]1CC=CCC1)C(=O)Nc1sc2c(c1C(N)=O)CCC2. The number of aryl methyl sites for hydroxylation is 1. The molecule has 0 bridgehead atoms. The van der Waals surface area contributed by atoms with Crippen LogP contribution in [0.15, 0.2) is 12.2 Å². The molecular formula is C18H22N2O4S. The monoisotopic (exact) mass is 362 g/mol. The number of nitrogens with two attached hydrogens (primary N) is 1. The molecule has 3 rings (SSSR count). The van der Waals surface area contributed by atoms with Gasteiger partial charge in [0, 0.05) is 4.88 Å². The first-order valence-corrected chi connectivity index (χ1v) is 9.39. The molecule has 2 atom stereocenters. The van der Waals surface area contributed by atoms with Gasteiger partial charge in [-0.25, -0.2) is 0 Å². The topological polar surface area (TPSA) is 98.5 Å². The molecule has 0 aliphatic heterocycles. The van der Waals surface area contributed by atoms with Crippen molar-refractivity contribution in [1.82, 2.24) is 0 Å². The Kier molecular flexibility index (Phi) is 5.22. The minimum atomic E-state index is -0.920. The number of allylic oxidation sites excluding steroid dienone is 2. The van der Waals surface area contributed by atoms with E-state index in [1.165, 1.54) is 18.3 Å². The van der Waals surface area contributed by atoms with Crippen LogP contribution in [0.5, 0.6) is 0 Å². The first kappa shape index (κ1) is 17.7. The second-order valence-corrected chi connectivity index (χ2v) is 7.58. The molecule has 3 N–H and O–H groups in total. The highest BCUT2D eigenvalue weighted by Crippen LogP contribution is 2.38. The highest BCUT2D eigenvalue weighted by Gasteiger charge is 2.29. The fourth-order valence-corrected chi connectivity index (χ4v) is 4.60. The summed E-state index contributed by atoms with van der Waals surface area (Å²) in [6.45, 7) is 1.54. The summed E-state index contributed by atoms with van der Waals surface area (Å²) in [7, 11) is 0. The number of esters is 1. The van der Waals surface area contributed by atoms with Crippen LogP contribution in [0, 0.1) is 5.92 Å². The van der Waals surface area contributed by atoms with E-state index in [1.54, 1.807) is 0 Å². The second kappa shape index (κ2) is 7.39. The largest absolute Gasteiger partial charge is 0.452 e. The lowest BCUT2D eigenvalue weighted by molar-refractivity contribution is -0.157. The third-order valence-corrected chi connectivity index (χ3v) is 5.88. The Morgan fingerprint density at radius 2 is 2.12 bits per heavy atom. The number of hydrogen-bond acceptors (Lipinski definition) is 5. The maximum absolute atomic E-state index is 12.4. The van der Waals surface area contributed by atoms with Gasteiger partial charge in [-0.2, -0.15) is 0 Å². The van der Waals surface area contributed by atoms with Gasteiger partial charge in [0.2, 0.25) is 0 Å². The standard InChI is InChI=1S/C18H22N2O4S/c1-10(24-18(23)11-6-3-2-4-7-11)16(22)20-17-14(15(19)21)12-8-5-9-13(12)25-17/h2-3,10-11H,4-9H2,1H3,(H2,19,21)(H,20,22)/t10-,11+/m1/s1. The van der Waals surface area contributed by atoms with Crippen LogP contribution in [-0.4, -0.2) is 23.9 Å². The van der Waals surface area contributed by atoms with E-state index in [2.05, 4.69) is 5.32 Å². The van der Waals surface area contributed by atoms with Gasteiger partial charge in [0.05, 0.1) is 11.5 Å². The first-order chi connectivity index (χ1) is 12.0. The Morgan fingerprint density at radius 1 is 1.32 bits per heavy atom. The summed E-state index contributed by atoms with van der Waals surface area (Å²) in [4.78, 5) is 37.4. The molecule has 1 aromatic heterocycles. The van der Waals surface area contributed by atoms with E-state index in [9.17, 15) is 14.4 Å². The maximum atomic E-state index is 12.4. The maximum Gasteiger partial charge on any atom is 0.310 e. The molecule has 0 spiro atoms. The van der Waals surface area contributed by atoms with Crippen molar-refractivity contribution in [2.24, 2.45) is 11.7 Å². The van der Waals surface area contributed by atoms with Gasteiger partial charge in [0.15, 0.2) is 6.10 Å². The van der Waals surface area contributed by atoms with Crippen LogP contribution in [0.3, 0.4) is 0 Å². The van der Waals surface area contributed by atoms with E-state index in [4.69, 9.17) is 10.5 Å². The van der Waals surface area contributed by atoms with Gasteiger partial charge < -0.3 is 15.8 Å². The zero-order valence-corrected chi connectivity index (χ0v) is 15.0. The third kappa shape index (κ3) is 3.76. The van der Waals surface area contributed by atoms with Gasteiger partial charge in [-0.3, -0.25) is 14.4 Å². The van der Waals surface area contributed by atoms with Gasteiger partial charge in [0.25, 0.3) is 11.8 Å². The molecule has 134 valence electrons. The summed E-state index contributed by atoms with van der Waals surface area (Å²) in [6, 6.07) is 0. The minimum absolute atomic E-state index is 0.188. The van der Waals surface area contributed by atoms with Crippen molar-refractivity contribution in [3.63, 3.8) is 0 Å². The molecular weight excluding hydrogens is 340 g/mol. The molecule has 0 saturated heterocycles. The Labute approximate surface area is 150 Å². The molecule has 1 heterocycles. The van der Waals surface area contributed by atoms with Crippen molar-refractivity contribution in [3.8, 4) is 0 Å². The van der Waals surface area contributed by atoms with Crippen molar-refractivity contribution < 1.29 is 19.1 Å². The summed E-state index contributed by atoms with van der Waals surface area (Å²) >= 11 is 1.39. The second-order valence-electron chi connectivity index (χ2n) is 6.48. The molecule has 7 heteroatoms. The molecule has 1 aromatic rings. The lowest BCUT2D eigenvalue weighted by Crippen LogP contribution is -2.33. The molecule has 25 heavy (non-hydrogen) atoms. The van der Waals surface area contributed by atoms with E-state index >= 15 is 0 Å². The van der Waals surface area contributed by atoms with Crippen molar-refractivity contribution in [1.29, 1.82) is 0 Å². The number of ether oxygens (including phenoxy) is 1. The predicted octanol–water partition coefficient (Wildman–Crippen LogP) is 2.56. The molecule has 0 radical (unpaired) electrons. The van der Waals surface area contributed by atoms with E-state index in [0.29, 0.717) is 17.0 Å². The molecule has 0 unspecified atom stereocenters. The quantitative estimate of drug-likeness (QED) is 0.621. The first-order valence-electron chi connectivity index (χ1n) is 8.58. The summed E-state index contributed by atoms with van der Waals surface area (Å²) in [5, 5.41) is 3.18. The average Bonchev–Trinajstić information content (AvgIpc) is 3.15. The number of anilines is 1. The summed E-state index contributed by atoms with van der Waals surface area (Å²) in [6.07, 6.45) is 8.03. The molecule has 0 fully saturated rings. The fourth-order valence-electron chi connectivity index (χ4n) is 3.30.